The molecule has 4 nitrogen and oxygen atoms in total. The topological polar surface area (TPSA) is 54.3 Å². The van der Waals surface area contributed by atoms with Crippen LogP contribution in [0.2, 0.25) is 5.02 Å². The minimum absolute atomic E-state index is 0.463. The zero-order chi connectivity index (χ0) is 15.4. The number of hydrogen-bond acceptors (Lipinski definition) is 4. The Bertz CT molecular complexity index is 708. The molecule has 2 aromatic carbocycles. The predicted molar refractivity (Wildman–Crippen MR) is 83.7 cm³/mol. The number of ether oxygens (including phenoxy) is 2. The Labute approximate surface area is 128 Å². The van der Waals surface area contributed by atoms with Crippen LogP contribution >= 0.6 is 11.6 Å². The highest BCUT2D eigenvalue weighted by atomic mass is 35.5. The van der Waals surface area contributed by atoms with E-state index in [0.717, 1.165) is 11.3 Å². The van der Waals surface area contributed by atoms with Gasteiger partial charge in [-0.1, -0.05) is 23.7 Å². The molecular formula is C16H15ClN2O2. The Morgan fingerprint density at radius 1 is 1.14 bits per heavy atom. The molecule has 0 aliphatic carbocycles. The van der Waals surface area contributed by atoms with E-state index in [-0.39, 0.29) is 0 Å². The molecule has 0 heterocycles. The summed E-state index contributed by atoms with van der Waals surface area (Å²) in [5, 5.41) is 12.9. The van der Waals surface area contributed by atoms with Crippen LogP contribution in [0.15, 0.2) is 30.3 Å². The van der Waals surface area contributed by atoms with E-state index in [1.165, 1.54) is 0 Å². The van der Waals surface area contributed by atoms with E-state index >= 15 is 0 Å². The third-order valence-corrected chi connectivity index (χ3v) is 3.42. The fourth-order valence-corrected chi connectivity index (χ4v) is 2.25. The number of nitrogens with one attached hydrogen (secondary N) is 1. The van der Waals surface area contributed by atoms with E-state index in [4.69, 9.17) is 21.1 Å². The van der Waals surface area contributed by atoms with Crippen molar-refractivity contribution >= 4 is 23.0 Å². The molecule has 0 saturated heterocycles. The number of aryl methyl sites for hydroxylation is 1. The second-order valence-corrected chi connectivity index (χ2v) is 4.83. The lowest BCUT2D eigenvalue weighted by molar-refractivity contribution is 0.405. The molecule has 0 fully saturated rings. The van der Waals surface area contributed by atoms with Crippen molar-refractivity contribution in [2.45, 2.75) is 6.92 Å². The monoisotopic (exact) mass is 302 g/mol. The van der Waals surface area contributed by atoms with Gasteiger partial charge in [0.25, 0.3) is 0 Å². The van der Waals surface area contributed by atoms with Crippen LogP contribution < -0.4 is 14.8 Å². The van der Waals surface area contributed by atoms with Gasteiger partial charge in [0.05, 0.1) is 36.2 Å². The zero-order valence-electron chi connectivity index (χ0n) is 12.0. The van der Waals surface area contributed by atoms with Gasteiger partial charge in [0, 0.05) is 12.1 Å². The van der Waals surface area contributed by atoms with Gasteiger partial charge in [-0.15, -0.1) is 0 Å². The maximum atomic E-state index is 9.23. The average molecular weight is 303 g/mol. The number of para-hydroxylation sites is 1. The molecule has 0 aromatic heterocycles. The van der Waals surface area contributed by atoms with Crippen molar-refractivity contribution in [1.29, 1.82) is 5.26 Å². The van der Waals surface area contributed by atoms with Gasteiger partial charge >= 0.3 is 0 Å². The lowest BCUT2D eigenvalue weighted by Gasteiger charge is -2.16. The number of halogens is 1. The fraction of sp³-hybridized carbons (Fsp3) is 0.188. The first kappa shape index (κ1) is 15.0. The number of rotatable bonds is 4. The van der Waals surface area contributed by atoms with Gasteiger partial charge in [0.2, 0.25) is 0 Å². The largest absolute Gasteiger partial charge is 0.495 e. The number of benzene rings is 2. The van der Waals surface area contributed by atoms with E-state index in [2.05, 4.69) is 11.4 Å². The highest BCUT2D eigenvalue weighted by Gasteiger charge is 2.13. The number of hydrogen-bond donors (Lipinski definition) is 1. The second-order valence-electron chi connectivity index (χ2n) is 4.42. The molecule has 0 saturated carbocycles. The van der Waals surface area contributed by atoms with Gasteiger partial charge in [-0.05, 0) is 18.6 Å². The first-order chi connectivity index (χ1) is 10.1. The number of anilines is 2. The summed E-state index contributed by atoms with van der Waals surface area (Å²) in [6.45, 7) is 1.93. The Balaban J connectivity index is 2.52. The summed E-state index contributed by atoms with van der Waals surface area (Å²) in [4.78, 5) is 0. The van der Waals surface area contributed by atoms with Gasteiger partial charge in [-0.25, -0.2) is 0 Å². The molecule has 5 heteroatoms. The van der Waals surface area contributed by atoms with E-state index in [0.29, 0.717) is 27.8 Å². The molecule has 0 radical (unpaired) electrons. The van der Waals surface area contributed by atoms with E-state index in [1.54, 1.807) is 32.4 Å². The summed E-state index contributed by atoms with van der Waals surface area (Å²) in [5.74, 6) is 1.11. The van der Waals surface area contributed by atoms with Gasteiger partial charge < -0.3 is 14.8 Å². The van der Waals surface area contributed by atoms with Crippen molar-refractivity contribution in [2.75, 3.05) is 19.5 Å². The lowest BCUT2D eigenvalue weighted by Crippen LogP contribution is -2.00. The van der Waals surface area contributed by atoms with Crippen molar-refractivity contribution < 1.29 is 9.47 Å². The van der Waals surface area contributed by atoms with Crippen LogP contribution in [0.25, 0.3) is 0 Å². The van der Waals surface area contributed by atoms with Crippen LogP contribution in [-0.2, 0) is 0 Å². The molecule has 0 aliphatic heterocycles. The summed E-state index contributed by atoms with van der Waals surface area (Å²) in [5.41, 5.74) is 2.95. The summed E-state index contributed by atoms with van der Waals surface area (Å²) >= 11 is 6.09. The van der Waals surface area contributed by atoms with Crippen LogP contribution in [0.5, 0.6) is 11.5 Å². The van der Waals surface area contributed by atoms with Crippen molar-refractivity contribution in [1.82, 2.24) is 0 Å². The number of nitriles is 1. The van der Waals surface area contributed by atoms with E-state index < -0.39 is 0 Å². The smallest absolute Gasteiger partial charge is 0.144 e. The van der Waals surface area contributed by atoms with E-state index in [9.17, 15) is 5.26 Å². The minimum atomic E-state index is 0.463. The maximum Gasteiger partial charge on any atom is 0.144 e. The highest BCUT2D eigenvalue weighted by molar-refractivity contribution is 6.32. The van der Waals surface area contributed by atoms with Crippen LogP contribution in [0.4, 0.5) is 11.4 Å². The molecule has 0 unspecified atom stereocenters. The normalized spacial score (nSPS) is 9.86. The molecule has 2 rings (SSSR count). The SMILES string of the molecule is COc1cc(Nc2c(C)cccc2C#N)c(OC)cc1Cl. The Morgan fingerprint density at radius 3 is 2.48 bits per heavy atom. The van der Waals surface area contributed by atoms with Crippen molar-refractivity contribution in [3.63, 3.8) is 0 Å². The highest BCUT2D eigenvalue weighted by Crippen LogP contribution is 2.38. The quantitative estimate of drug-likeness (QED) is 0.916. The first-order valence-corrected chi connectivity index (χ1v) is 6.66. The zero-order valence-corrected chi connectivity index (χ0v) is 12.8. The summed E-state index contributed by atoms with van der Waals surface area (Å²) in [6, 6.07) is 11.1. The van der Waals surface area contributed by atoms with Crippen molar-refractivity contribution in [3.05, 3.63) is 46.5 Å². The summed E-state index contributed by atoms with van der Waals surface area (Å²) in [6.07, 6.45) is 0. The van der Waals surface area contributed by atoms with Gasteiger partial charge in [0.1, 0.15) is 17.6 Å². The Hall–Kier alpha value is -2.38. The van der Waals surface area contributed by atoms with Gasteiger partial charge in [-0.2, -0.15) is 5.26 Å². The van der Waals surface area contributed by atoms with Crippen LogP contribution in [0, 0.1) is 18.3 Å². The first-order valence-electron chi connectivity index (χ1n) is 6.29. The van der Waals surface area contributed by atoms with Gasteiger partial charge in [-0.3, -0.25) is 0 Å². The molecule has 0 aliphatic rings. The molecule has 108 valence electrons. The van der Waals surface area contributed by atoms with Crippen LogP contribution in [-0.4, -0.2) is 14.2 Å². The van der Waals surface area contributed by atoms with E-state index in [1.807, 2.05) is 19.1 Å². The lowest BCUT2D eigenvalue weighted by atomic mass is 10.1. The Morgan fingerprint density at radius 2 is 1.86 bits per heavy atom. The molecule has 0 spiro atoms. The summed E-state index contributed by atoms with van der Waals surface area (Å²) < 4.78 is 10.5. The van der Waals surface area contributed by atoms with Crippen molar-refractivity contribution in [2.24, 2.45) is 0 Å². The molecule has 0 atom stereocenters. The second kappa shape index (κ2) is 6.38. The maximum absolute atomic E-state index is 9.23. The van der Waals surface area contributed by atoms with Gasteiger partial charge in [0.15, 0.2) is 0 Å². The molecule has 21 heavy (non-hydrogen) atoms. The molecule has 1 N–H and O–H groups in total. The van der Waals surface area contributed by atoms with Crippen LogP contribution in [0.1, 0.15) is 11.1 Å². The third-order valence-electron chi connectivity index (χ3n) is 3.13. The predicted octanol–water partition coefficient (Wildman–Crippen LogP) is 4.28. The minimum Gasteiger partial charge on any atom is -0.495 e. The molecule has 0 bridgehead atoms. The molecule has 2 aromatic rings. The van der Waals surface area contributed by atoms with Crippen LogP contribution in [0.3, 0.4) is 0 Å². The molecular weight excluding hydrogens is 288 g/mol. The Kier molecular flexibility index (Phi) is 4.56. The molecule has 0 amide bonds. The number of nitrogens with zero attached hydrogens (tertiary/aromatic N) is 1. The average Bonchev–Trinajstić information content (AvgIpc) is 2.50. The fourth-order valence-electron chi connectivity index (χ4n) is 2.02. The summed E-state index contributed by atoms with van der Waals surface area (Å²) in [7, 11) is 3.11. The standard InChI is InChI=1S/C16H15ClN2O2/c1-10-5-4-6-11(9-18)16(10)19-13-8-14(20-2)12(17)7-15(13)21-3/h4-8,19H,1-3H3. The number of methoxy groups -OCH3 is 2. The van der Waals surface area contributed by atoms with Crippen molar-refractivity contribution in [3.8, 4) is 17.6 Å². The third kappa shape index (κ3) is 3.04.